The van der Waals surface area contributed by atoms with Gasteiger partial charge in [-0.25, -0.2) is 8.78 Å². The number of nitrogens with two attached hydrogens (primary N) is 1. The van der Waals surface area contributed by atoms with Crippen molar-refractivity contribution in [1.82, 2.24) is 0 Å². The molecule has 0 saturated carbocycles. The first kappa shape index (κ1) is 11.1. The van der Waals surface area contributed by atoms with Gasteiger partial charge in [0.2, 0.25) is 0 Å². The standard InChI is InChI=1S/C10H13F2NO/c11-9-2-1-8(10(12)4-9)3-7(5-13)6-14/h1-2,4,7,14H,3,5-6,13H2/t7-/m0/s1. The van der Waals surface area contributed by atoms with Crippen molar-refractivity contribution in [2.24, 2.45) is 11.7 Å². The largest absolute Gasteiger partial charge is 0.396 e. The Morgan fingerprint density at radius 3 is 2.57 bits per heavy atom. The van der Waals surface area contributed by atoms with Crippen LogP contribution < -0.4 is 5.73 Å². The lowest BCUT2D eigenvalue weighted by molar-refractivity contribution is 0.229. The molecule has 0 amide bonds. The van der Waals surface area contributed by atoms with E-state index in [9.17, 15) is 8.78 Å². The van der Waals surface area contributed by atoms with Crippen molar-refractivity contribution in [3.63, 3.8) is 0 Å². The molecule has 0 saturated heterocycles. The molecule has 0 fully saturated rings. The Hall–Kier alpha value is -1.00. The van der Waals surface area contributed by atoms with E-state index in [-0.39, 0.29) is 19.1 Å². The molecule has 78 valence electrons. The highest BCUT2D eigenvalue weighted by atomic mass is 19.1. The van der Waals surface area contributed by atoms with E-state index in [0.29, 0.717) is 12.0 Å². The van der Waals surface area contributed by atoms with Gasteiger partial charge in [0.05, 0.1) is 0 Å². The van der Waals surface area contributed by atoms with Gasteiger partial charge in [-0.15, -0.1) is 0 Å². The second-order valence-electron chi connectivity index (χ2n) is 3.22. The van der Waals surface area contributed by atoms with Crippen molar-refractivity contribution < 1.29 is 13.9 Å². The molecule has 14 heavy (non-hydrogen) atoms. The van der Waals surface area contributed by atoms with Gasteiger partial charge in [-0.2, -0.15) is 0 Å². The third-order valence-electron chi connectivity index (χ3n) is 2.12. The predicted octanol–water partition coefficient (Wildman–Crippen LogP) is 1.07. The number of rotatable bonds is 4. The van der Waals surface area contributed by atoms with Crippen molar-refractivity contribution in [3.8, 4) is 0 Å². The maximum absolute atomic E-state index is 13.1. The van der Waals surface area contributed by atoms with Crippen LogP contribution in [0.5, 0.6) is 0 Å². The first-order valence-electron chi connectivity index (χ1n) is 4.42. The molecular formula is C10H13F2NO. The summed E-state index contributed by atoms with van der Waals surface area (Å²) in [6.07, 6.45) is 0.332. The first-order valence-corrected chi connectivity index (χ1v) is 4.42. The summed E-state index contributed by atoms with van der Waals surface area (Å²) in [7, 11) is 0. The van der Waals surface area contributed by atoms with Crippen molar-refractivity contribution in [2.45, 2.75) is 6.42 Å². The summed E-state index contributed by atoms with van der Waals surface area (Å²) in [5, 5.41) is 8.86. The van der Waals surface area contributed by atoms with Gasteiger partial charge in [-0.05, 0) is 30.5 Å². The number of aliphatic hydroxyl groups excluding tert-OH is 1. The maximum atomic E-state index is 13.1. The molecule has 0 heterocycles. The second-order valence-corrected chi connectivity index (χ2v) is 3.22. The average Bonchev–Trinajstić information content (AvgIpc) is 2.17. The molecule has 3 N–H and O–H groups in total. The zero-order valence-electron chi connectivity index (χ0n) is 7.71. The predicted molar refractivity (Wildman–Crippen MR) is 49.7 cm³/mol. The van der Waals surface area contributed by atoms with Gasteiger partial charge >= 0.3 is 0 Å². The van der Waals surface area contributed by atoms with Gasteiger partial charge in [0, 0.05) is 12.7 Å². The van der Waals surface area contributed by atoms with Crippen LogP contribution in [-0.4, -0.2) is 18.3 Å². The molecule has 1 rings (SSSR count). The van der Waals surface area contributed by atoms with E-state index in [2.05, 4.69) is 0 Å². The quantitative estimate of drug-likeness (QED) is 0.765. The van der Waals surface area contributed by atoms with Gasteiger partial charge in [-0.3, -0.25) is 0 Å². The lowest BCUT2D eigenvalue weighted by Gasteiger charge is -2.11. The molecule has 4 heteroatoms. The summed E-state index contributed by atoms with van der Waals surface area (Å²) in [4.78, 5) is 0. The minimum Gasteiger partial charge on any atom is -0.396 e. The molecular weight excluding hydrogens is 188 g/mol. The third-order valence-corrected chi connectivity index (χ3v) is 2.12. The number of hydrogen-bond donors (Lipinski definition) is 2. The van der Waals surface area contributed by atoms with Crippen LogP contribution in [0.3, 0.4) is 0 Å². The van der Waals surface area contributed by atoms with E-state index in [1.54, 1.807) is 0 Å². The Morgan fingerprint density at radius 2 is 2.07 bits per heavy atom. The van der Waals surface area contributed by atoms with Gasteiger partial charge in [0.25, 0.3) is 0 Å². The number of hydrogen-bond acceptors (Lipinski definition) is 2. The Morgan fingerprint density at radius 1 is 1.36 bits per heavy atom. The topological polar surface area (TPSA) is 46.2 Å². The van der Waals surface area contributed by atoms with E-state index in [1.165, 1.54) is 12.1 Å². The molecule has 2 nitrogen and oxygen atoms in total. The van der Waals surface area contributed by atoms with E-state index in [0.717, 1.165) is 6.07 Å². The first-order chi connectivity index (χ1) is 6.67. The fourth-order valence-electron chi connectivity index (χ4n) is 1.22. The molecule has 0 aliphatic heterocycles. The van der Waals surface area contributed by atoms with Crippen LogP contribution in [0.2, 0.25) is 0 Å². The summed E-state index contributed by atoms with van der Waals surface area (Å²) >= 11 is 0. The molecule has 0 aromatic heterocycles. The van der Waals surface area contributed by atoms with E-state index >= 15 is 0 Å². The van der Waals surface area contributed by atoms with Crippen molar-refractivity contribution in [3.05, 3.63) is 35.4 Å². The normalized spacial score (nSPS) is 12.9. The zero-order chi connectivity index (χ0) is 10.6. The van der Waals surface area contributed by atoms with E-state index < -0.39 is 11.6 Å². The average molecular weight is 201 g/mol. The maximum Gasteiger partial charge on any atom is 0.129 e. The number of benzene rings is 1. The summed E-state index contributed by atoms with van der Waals surface area (Å²) < 4.78 is 25.7. The molecule has 1 aromatic carbocycles. The van der Waals surface area contributed by atoms with Crippen LogP contribution in [0.25, 0.3) is 0 Å². The van der Waals surface area contributed by atoms with Crippen LogP contribution in [0, 0.1) is 17.6 Å². The monoisotopic (exact) mass is 201 g/mol. The molecule has 1 aromatic rings. The summed E-state index contributed by atoms with van der Waals surface area (Å²) in [6, 6.07) is 3.41. The van der Waals surface area contributed by atoms with Crippen molar-refractivity contribution >= 4 is 0 Å². The van der Waals surface area contributed by atoms with Crippen LogP contribution in [0.1, 0.15) is 5.56 Å². The molecule has 0 aliphatic carbocycles. The lowest BCUT2D eigenvalue weighted by atomic mass is 10.00. The molecule has 0 bridgehead atoms. The lowest BCUT2D eigenvalue weighted by Crippen LogP contribution is -2.20. The van der Waals surface area contributed by atoms with Crippen molar-refractivity contribution in [2.75, 3.05) is 13.2 Å². The van der Waals surface area contributed by atoms with Crippen molar-refractivity contribution in [1.29, 1.82) is 0 Å². The molecule has 0 unspecified atom stereocenters. The molecule has 1 atom stereocenters. The van der Waals surface area contributed by atoms with E-state index in [1.807, 2.05) is 0 Å². The Balaban J connectivity index is 2.76. The Bertz CT molecular complexity index is 300. The summed E-state index contributed by atoms with van der Waals surface area (Å²) in [5.74, 6) is -1.36. The van der Waals surface area contributed by atoms with Crippen LogP contribution in [0.15, 0.2) is 18.2 Å². The minimum atomic E-state index is -0.598. The van der Waals surface area contributed by atoms with Gasteiger partial charge < -0.3 is 10.8 Å². The number of halogens is 2. The smallest absolute Gasteiger partial charge is 0.129 e. The van der Waals surface area contributed by atoms with Crippen LogP contribution in [0.4, 0.5) is 8.78 Å². The van der Waals surface area contributed by atoms with Crippen LogP contribution in [-0.2, 0) is 6.42 Å². The Labute approximate surface area is 81.4 Å². The third kappa shape index (κ3) is 2.75. The fraction of sp³-hybridized carbons (Fsp3) is 0.400. The van der Waals surface area contributed by atoms with E-state index in [4.69, 9.17) is 10.8 Å². The van der Waals surface area contributed by atoms with Crippen LogP contribution >= 0.6 is 0 Å². The fourth-order valence-corrected chi connectivity index (χ4v) is 1.22. The SMILES string of the molecule is NC[C@@H](CO)Cc1ccc(F)cc1F. The zero-order valence-corrected chi connectivity index (χ0v) is 7.71. The minimum absolute atomic E-state index is 0.0900. The molecule has 0 aliphatic rings. The highest BCUT2D eigenvalue weighted by molar-refractivity contribution is 5.19. The Kier molecular flexibility index (Phi) is 3.98. The summed E-state index contributed by atoms with van der Waals surface area (Å²) in [6.45, 7) is 0.195. The highest BCUT2D eigenvalue weighted by Crippen LogP contribution is 2.13. The summed E-state index contributed by atoms with van der Waals surface area (Å²) in [5.41, 5.74) is 5.74. The molecule has 0 spiro atoms. The van der Waals surface area contributed by atoms with Gasteiger partial charge in [0.1, 0.15) is 11.6 Å². The number of aliphatic hydroxyl groups is 1. The highest BCUT2D eigenvalue weighted by Gasteiger charge is 2.10. The molecule has 0 radical (unpaired) electrons. The second kappa shape index (κ2) is 5.02. The van der Waals surface area contributed by atoms with Gasteiger partial charge in [-0.1, -0.05) is 6.07 Å². The van der Waals surface area contributed by atoms with Gasteiger partial charge in [0.15, 0.2) is 0 Å².